The molecule has 4 aliphatic rings. The van der Waals surface area contributed by atoms with Gasteiger partial charge in [-0.05, 0) is 68.6 Å². The van der Waals surface area contributed by atoms with Crippen LogP contribution in [0.25, 0.3) is 0 Å². The largest absolute Gasteiger partial charge is 0.459 e. The molecule has 0 heterocycles. The molecule has 0 radical (unpaired) electrons. The average molecular weight is 337 g/mol. The first-order valence-electron chi connectivity index (χ1n) is 9.91. The molecule has 0 aromatic rings. The summed E-state index contributed by atoms with van der Waals surface area (Å²) in [5.74, 6) is 1.31. The van der Waals surface area contributed by atoms with Gasteiger partial charge >= 0.3 is 5.97 Å². The van der Waals surface area contributed by atoms with Crippen molar-refractivity contribution in [1.82, 2.24) is 0 Å². The van der Waals surface area contributed by atoms with Crippen LogP contribution in [0.15, 0.2) is 0 Å². The molecule has 0 aromatic heterocycles. The molecule has 0 aliphatic heterocycles. The molecule has 138 valence electrons. The minimum atomic E-state index is -0.558. The maximum absolute atomic E-state index is 13.4. The van der Waals surface area contributed by atoms with Gasteiger partial charge in [0.1, 0.15) is 5.60 Å². The van der Waals surface area contributed by atoms with E-state index in [1.807, 2.05) is 0 Å². The van der Waals surface area contributed by atoms with Crippen LogP contribution in [0.5, 0.6) is 0 Å². The standard InChI is InChI=1S/C21H36O3/c1-7-18(4,5)19(6,9-14(2)3)17(22)24-20-10-15-8-16(12-20)21(23,11-15)13-20/h14-16,23H,7-13H2,1-6H3. The van der Waals surface area contributed by atoms with Crippen molar-refractivity contribution in [2.45, 2.75) is 97.7 Å². The Labute approximate surface area is 147 Å². The van der Waals surface area contributed by atoms with E-state index in [-0.39, 0.29) is 17.0 Å². The average Bonchev–Trinajstić information content (AvgIpc) is 2.77. The van der Waals surface area contributed by atoms with Gasteiger partial charge in [-0.25, -0.2) is 0 Å². The van der Waals surface area contributed by atoms with Crippen LogP contribution >= 0.6 is 0 Å². The Morgan fingerprint density at radius 3 is 2.42 bits per heavy atom. The molecule has 0 saturated heterocycles. The Balaban J connectivity index is 1.82. The first-order chi connectivity index (χ1) is 11.0. The van der Waals surface area contributed by atoms with Crippen molar-refractivity contribution in [2.24, 2.45) is 28.6 Å². The van der Waals surface area contributed by atoms with Crippen molar-refractivity contribution >= 4 is 5.97 Å². The molecule has 0 spiro atoms. The van der Waals surface area contributed by atoms with Crippen LogP contribution in [0.1, 0.15) is 86.5 Å². The fourth-order valence-corrected chi connectivity index (χ4v) is 6.05. The van der Waals surface area contributed by atoms with Crippen molar-refractivity contribution < 1.29 is 14.6 Å². The Morgan fingerprint density at radius 1 is 1.25 bits per heavy atom. The molecule has 24 heavy (non-hydrogen) atoms. The third-order valence-electron chi connectivity index (χ3n) is 7.88. The molecule has 3 heteroatoms. The number of carbonyl (C=O) groups excluding carboxylic acids is 1. The smallest absolute Gasteiger partial charge is 0.312 e. The number of hydrogen-bond acceptors (Lipinski definition) is 3. The lowest BCUT2D eigenvalue weighted by atomic mass is 9.61. The fraction of sp³-hybridized carbons (Fsp3) is 0.952. The van der Waals surface area contributed by atoms with E-state index in [0.717, 1.165) is 38.5 Å². The van der Waals surface area contributed by atoms with Gasteiger partial charge in [0, 0.05) is 6.42 Å². The van der Waals surface area contributed by atoms with E-state index in [0.29, 0.717) is 24.2 Å². The molecule has 0 amide bonds. The van der Waals surface area contributed by atoms with Gasteiger partial charge in [-0.3, -0.25) is 4.79 Å². The van der Waals surface area contributed by atoms with E-state index < -0.39 is 11.0 Å². The minimum Gasteiger partial charge on any atom is -0.459 e. The SMILES string of the molecule is CCC(C)(C)C(C)(CC(C)C)C(=O)OC12CC3CC(C1)C(O)(C3)C2. The minimum absolute atomic E-state index is 0.0337. The van der Waals surface area contributed by atoms with Gasteiger partial charge in [-0.1, -0.05) is 34.6 Å². The van der Waals surface area contributed by atoms with Crippen LogP contribution in [0.2, 0.25) is 0 Å². The summed E-state index contributed by atoms with van der Waals surface area (Å²) in [6.45, 7) is 13.0. The van der Waals surface area contributed by atoms with E-state index in [1.165, 1.54) is 0 Å². The van der Waals surface area contributed by atoms with Crippen LogP contribution in [0.3, 0.4) is 0 Å². The second-order valence-corrected chi connectivity index (χ2v) is 10.4. The summed E-state index contributed by atoms with van der Waals surface area (Å²) in [6, 6.07) is 0. The second-order valence-electron chi connectivity index (χ2n) is 10.4. The third kappa shape index (κ3) is 2.62. The van der Waals surface area contributed by atoms with Crippen LogP contribution in [0, 0.1) is 28.6 Å². The molecule has 4 bridgehead atoms. The summed E-state index contributed by atoms with van der Waals surface area (Å²) in [4.78, 5) is 13.4. The molecule has 3 nitrogen and oxygen atoms in total. The first-order valence-corrected chi connectivity index (χ1v) is 9.91. The summed E-state index contributed by atoms with van der Waals surface area (Å²) in [7, 11) is 0. The van der Waals surface area contributed by atoms with Crippen molar-refractivity contribution in [3.05, 3.63) is 0 Å². The molecule has 5 unspecified atom stereocenters. The number of hydrogen-bond donors (Lipinski definition) is 1. The van der Waals surface area contributed by atoms with Crippen LogP contribution < -0.4 is 0 Å². The highest BCUT2D eigenvalue weighted by Crippen LogP contribution is 2.64. The Kier molecular flexibility index (Phi) is 4.15. The van der Waals surface area contributed by atoms with Crippen molar-refractivity contribution in [3.63, 3.8) is 0 Å². The number of rotatable bonds is 6. The molecule has 1 N–H and O–H groups in total. The summed E-state index contributed by atoms with van der Waals surface area (Å²) < 4.78 is 6.29. The van der Waals surface area contributed by atoms with E-state index in [1.54, 1.807) is 0 Å². The van der Waals surface area contributed by atoms with Crippen LogP contribution in [0.4, 0.5) is 0 Å². The Morgan fingerprint density at radius 2 is 1.92 bits per heavy atom. The van der Waals surface area contributed by atoms with Crippen LogP contribution in [-0.4, -0.2) is 22.3 Å². The Bertz CT molecular complexity index is 525. The molecule has 0 aromatic carbocycles. The number of aliphatic hydroxyl groups is 1. The normalized spacial score (nSPS) is 40.2. The number of carbonyl (C=O) groups is 1. The lowest BCUT2D eigenvalue weighted by molar-refractivity contribution is -0.187. The molecule has 4 fully saturated rings. The van der Waals surface area contributed by atoms with Crippen molar-refractivity contribution in [3.8, 4) is 0 Å². The monoisotopic (exact) mass is 336 g/mol. The topological polar surface area (TPSA) is 46.5 Å². The lowest BCUT2D eigenvalue weighted by Gasteiger charge is -2.46. The quantitative estimate of drug-likeness (QED) is 0.714. The highest BCUT2D eigenvalue weighted by molar-refractivity contribution is 5.78. The predicted octanol–water partition coefficient (Wildman–Crippen LogP) is 4.71. The Hall–Kier alpha value is -0.570. The summed E-state index contributed by atoms with van der Waals surface area (Å²) in [5.41, 5.74) is -1.53. The summed E-state index contributed by atoms with van der Waals surface area (Å²) >= 11 is 0. The van der Waals surface area contributed by atoms with Gasteiger partial charge in [0.15, 0.2) is 0 Å². The van der Waals surface area contributed by atoms with Gasteiger partial charge in [0.05, 0.1) is 11.0 Å². The maximum atomic E-state index is 13.4. The highest BCUT2D eigenvalue weighted by Gasteiger charge is 2.66. The van der Waals surface area contributed by atoms with E-state index >= 15 is 0 Å². The van der Waals surface area contributed by atoms with E-state index in [4.69, 9.17) is 4.74 Å². The van der Waals surface area contributed by atoms with Crippen molar-refractivity contribution in [2.75, 3.05) is 0 Å². The number of esters is 1. The summed E-state index contributed by atoms with van der Waals surface area (Å²) in [5, 5.41) is 10.9. The molecule has 4 rings (SSSR count). The zero-order valence-corrected chi connectivity index (χ0v) is 16.4. The fourth-order valence-electron chi connectivity index (χ4n) is 6.05. The lowest BCUT2D eigenvalue weighted by Crippen LogP contribution is -2.49. The van der Waals surface area contributed by atoms with Gasteiger partial charge < -0.3 is 9.84 Å². The molecule has 5 atom stereocenters. The molecule has 4 saturated carbocycles. The maximum Gasteiger partial charge on any atom is 0.312 e. The van der Waals surface area contributed by atoms with Gasteiger partial charge in [0.25, 0.3) is 0 Å². The zero-order chi connectivity index (χ0) is 18.0. The van der Waals surface area contributed by atoms with E-state index in [9.17, 15) is 9.90 Å². The zero-order valence-electron chi connectivity index (χ0n) is 16.4. The highest BCUT2D eigenvalue weighted by atomic mass is 16.6. The molecule has 4 aliphatic carbocycles. The van der Waals surface area contributed by atoms with Crippen LogP contribution in [-0.2, 0) is 9.53 Å². The van der Waals surface area contributed by atoms with E-state index in [2.05, 4.69) is 41.5 Å². The van der Waals surface area contributed by atoms with Gasteiger partial charge in [0.2, 0.25) is 0 Å². The van der Waals surface area contributed by atoms with Gasteiger partial charge in [-0.2, -0.15) is 0 Å². The summed E-state index contributed by atoms with van der Waals surface area (Å²) in [6.07, 6.45) is 6.34. The molecular formula is C21H36O3. The third-order valence-corrected chi connectivity index (χ3v) is 7.88. The first kappa shape index (κ1) is 18.2. The number of ether oxygens (including phenoxy) is 1. The van der Waals surface area contributed by atoms with Gasteiger partial charge in [-0.15, -0.1) is 0 Å². The molecular weight excluding hydrogens is 300 g/mol. The predicted molar refractivity (Wildman–Crippen MR) is 95.5 cm³/mol. The second kappa shape index (κ2) is 5.46. The van der Waals surface area contributed by atoms with Crippen molar-refractivity contribution in [1.29, 1.82) is 0 Å².